The predicted octanol–water partition coefficient (Wildman–Crippen LogP) is 2.53. The van der Waals surface area contributed by atoms with Gasteiger partial charge in [-0.15, -0.1) is 0 Å². The SMILES string of the molecule is COc1ccc(/C=C(/NC(C)=O)C(=O)Nc2cccc(O)c2)cc1OC. The molecule has 0 saturated heterocycles. The molecule has 0 atom stereocenters. The van der Waals surface area contributed by atoms with E-state index in [1.54, 1.807) is 30.3 Å². The summed E-state index contributed by atoms with van der Waals surface area (Å²) in [6.45, 7) is 1.31. The summed E-state index contributed by atoms with van der Waals surface area (Å²) < 4.78 is 10.4. The second-order valence-electron chi connectivity index (χ2n) is 5.36. The summed E-state index contributed by atoms with van der Waals surface area (Å²) >= 11 is 0. The van der Waals surface area contributed by atoms with E-state index in [0.717, 1.165) is 0 Å². The summed E-state index contributed by atoms with van der Waals surface area (Å²) in [4.78, 5) is 24.0. The molecular formula is C19H20N2O5. The summed E-state index contributed by atoms with van der Waals surface area (Å²) in [6, 6.07) is 11.2. The van der Waals surface area contributed by atoms with Crippen molar-refractivity contribution in [3.05, 3.63) is 53.7 Å². The molecule has 0 bridgehead atoms. The van der Waals surface area contributed by atoms with E-state index in [0.29, 0.717) is 22.7 Å². The van der Waals surface area contributed by atoms with Gasteiger partial charge in [-0.25, -0.2) is 0 Å². The van der Waals surface area contributed by atoms with Gasteiger partial charge in [0.15, 0.2) is 11.5 Å². The zero-order valence-corrected chi connectivity index (χ0v) is 14.7. The number of nitrogens with one attached hydrogen (secondary N) is 2. The van der Waals surface area contributed by atoms with Crippen molar-refractivity contribution in [2.75, 3.05) is 19.5 Å². The van der Waals surface area contributed by atoms with E-state index in [2.05, 4.69) is 10.6 Å². The lowest BCUT2D eigenvalue weighted by Gasteiger charge is -2.11. The van der Waals surface area contributed by atoms with Gasteiger partial charge in [-0.05, 0) is 35.9 Å². The molecule has 2 amide bonds. The minimum absolute atomic E-state index is 0.0211. The standard InChI is InChI=1S/C19H20N2O5/c1-12(22)20-16(19(24)21-14-5-4-6-15(23)11-14)9-13-7-8-17(25-2)18(10-13)26-3/h4-11,23H,1-3H3,(H,20,22)(H,21,24)/b16-9+. The van der Waals surface area contributed by atoms with Crippen LogP contribution < -0.4 is 20.1 Å². The number of aromatic hydroxyl groups is 1. The smallest absolute Gasteiger partial charge is 0.272 e. The van der Waals surface area contributed by atoms with Gasteiger partial charge in [0.2, 0.25) is 5.91 Å². The molecule has 3 N–H and O–H groups in total. The van der Waals surface area contributed by atoms with E-state index in [1.165, 1.54) is 39.4 Å². The Bertz CT molecular complexity index is 846. The van der Waals surface area contributed by atoms with E-state index in [1.807, 2.05) is 0 Å². The summed E-state index contributed by atoms with van der Waals surface area (Å²) in [6.07, 6.45) is 1.52. The predicted molar refractivity (Wildman–Crippen MR) is 98.1 cm³/mol. The number of hydrogen-bond acceptors (Lipinski definition) is 5. The van der Waals surface area contributed by atoms with Crippen LogP contribution in [0.4, 0.5) is 5.69 Å². The quantitative estimate of drug-likeness (QED) is 0.691. The molecule has 2 rings (SSSR count). The number of ether oxygens (including phenoxy) is 2. The minimum Gasteiger partial charge on any atom is -0.508 e. The molecule has 0 aliphatic carbocycles. The molecule has 2 aromatic rings. The first-order valence-electron chi connectivity index (χ1n) is 7.74. The normalized spacial score (nSPS) is 10.8. The highest BCUT2D eigenvalue weighted by molar-refractivity contribution is 6.08. The highest BCUT2D eigenvalue weighted by Gasteiger charge is 2.13. The van der Waals surface area contributed by atoms with Crippen molar-refractivity contribution in [2.45, 2.75) is 6.92 Å². The van der Waals surface area contributed by atoms with E-state index >= 15 is 0 Å². The number of phenolic OH excluding ortho intramolecular Hbond substituents is 1. The molecule has 7 heteroatoms. The first kappa shape index (κ1) is 18.9. The minimum atomic E-state index is -0.527. The van der Waals surface area contributed by atoms with Gasteiger partial charge >= 0.3 is 0 Å². The van der Waals surface area contributed by atoms with Crippen LogP contribution in [0.15, 0.2) is 48.2 Å². The third-order valence-corrected chi connectivity index (χ3v) is 3.38. The number of phenols is 1. The molecule has 0 radical (unpaired) electrons. The number of carbonyl (C=O) groups excluding carboxylic acids is 2. The molecule has 26 heavy (non-hydrogen) atoms. The van der Waals surface area contributed by atoms with Gasteiger partial charge in [-0.1, -0.05) is 12.1 Å². The van der Waals surface area contributed by atoms with E-state index in [9.17, 15) is 14.7 Å². The van der Waals surface area contributed by atoms with Gasteiger partial charge in [0.05, 0.1) is 14.2 Å². The molecule has 0 spiro atoms. The lowest BCUT2D eigenvalue weighted by molar-refractivity contribution is -0.120. The molecule has 0 saturated carbocycles. The molecule has 0 aliphatic heterocycles. The summed E-state index contributed by atoms with van der Waals surface area (Å²) in [5.74, 6) is 0.155. The topological polar surface area (TPSA) is 96.9 Å². The largest absolute Gasteiger partial charge is 0.508 e. The van der Waals surface area contributed by atoms with Crippen LogP contribution in [0.3, 0.4) is 0 Å². The fourth-order valence-electron chi connectivity index (χ4n) is 2.24. The Morgan fingerprint density at radius 1 is 1.04 bits per heavy atom. The lowest BCUT2D eigenvalue weighted by Crippen LogP contribution is -2.28. The molecule has 0 heterocycles. The summed E-state index contributed by atoms with van der Waals surface area (Å²) in [7, 11) is 3.04. The van der Waals surface area contributed by atoms with Crippen LogP contribution in [-0.4, -0.2) is 31.1 Å². The number of benzene rings is 2. The number of carbonyl (C=O) groups is 2. The van der Waals surface area contributed by atoms with E-state index in [-0.39, 0.29) is 17.4 Å². The van der Waals surface area contributed by atoms with Gasteiger partial charge in [0, 0.05) is 18.7 Å². The number of rotatable bonds is 6. The Kier molecular flexibility index (Phi) is 6.21. The molecular weight excluding hydrogens is 336 g/mol. The van der Waals surface area contributed by atoms with Crippen LogP contribution in [0.25, 0.3) is 6.08 Å². The van der Waals surface area contributed by atoms with Crippen LogP contribution in [-0.2, 0) is 9.59 Å². The van der Waals surface area contributed by atoms with Gasteiger partial charge in [0.25, 0.3) is 5.91 Å². The second kappa shape index (κ2) is 8.57. The zero-order chi connectivity index (χ0) is 19.1. The van der Waals surface area contributed by atoms with Crippen molar-refractivity contribution in [3.8, 4) is 17.2 Å². The van der Waals surface area contributed by atoms with Crippen molar-refractivity contribution in [1.29, 1.82) is 0 Å². The van der Waals surface area contributed by atoms with Crippen LogP contribution in [0.5, 0.6) is 17.2 Å². The highest BCUT2D eigenvalue weighted by Crippen LogP contribution is 2.28. The van der Waals surface area contributed by atoms with E-state index in [4.69, 9.17) is 9.47 Å². The molecule has 2 aromatic carbocycles. The third-order valence-electron chi connectivity index (χ3n) is 3.38. The summed E-state index contributed by atoms with van der Waals surface area (Å²) in [5.41, 5.74) is 1.09. The molecule has 136 valence electrons. The Morgan fingerprint density at radius 3 is 2.38 bits per heavy atom. The monoisotopic (exact) mass is 356 g/mol. The van der Waals surface area contributed by atoms with Crippen LogP contribution in [0.2, 0.25) is 0 Å². The maximum Gasteiger partial charge on any atom is 0.272 e. The zero-order valence-electron chi connectivity index (χ0n) is 14.7. The highest BCUT2D eigenvalue weighted by atomic mass is 16.5. The molecule has 7 nitrogen and oxygen atoms in total. The number of anilines is 1. The maximum atomic E-state index is 12.5. The fourth-order valence-corrected chi connectivity index (χ4v) is 2.24. The Hall–Kier alpha value is -3.48. The Morgan fingerprint density at radius 2 is 1.77 bits per heavy atom. The lowest BCUT2D eigenvalue weighted by atomic mass is 10.1. The van der Waals surface area contributed by atoms with Crippen molar-refractivity contribution in [3.63, 3.8) is 0 Å². The Labute approximate surface area is 151 Å². The molecule has 0 unspecified atom stereocenters. The van der Waals surface area contributed by atoms with Crippen LogP contribution >= 0.6 is 0 Å². The third kappa shape index (κ3) is 5.01. The second-order valence-corrected chi connectivity index (χ2v) is 5.36. The number of amides is 2. The maximum absolute atomic E-state index is 12.5. The van der Waals surface area contributed by atoms with Crippen molar-refractivity contribution in [2.24, 2.45) is 0 Å². The van der Waals surface area contributed by atoms with Crippen LogP contribution in [0, 0.1) is 0 Å². The van der Waals surface area contributed by atoms with Gasteiger partial charge in [-0.2, -0.15) is 0 Å². The van der Waals surface area contributed by atoms with E-state index < -0.39 is 5.91 Å². The van der Waals surface area contributed by atoms with Crippen molar-refractivity contribution >= 4 is 23.6 Å². The van der Waals surface area contributed by atoms with Gasteiger partial charge < -0.3 is 25.2 Å². The summed E-state index contributed by atoms with van der Waals surface area (Å²) in [5, 5.41) is 14.6. The first-order valence-corrected chi connectivity index (χ1v) is 7.74. The van der Waals surface area contributed by atoms with Gasteiger partial charge in [0.1, 0.15) is 11.4 Å². The molecule has 0 aromatic heterocycles. The average Bonchev–Trinajstić information content (AvgIpc) is 2.60. The molecule has 0 aliphatic rings. The number of methoxy groups -OCH3 is 2. The average molecular weight is 356 g/mol. The van der Waals surface area contributed by atoms with Crippen molar-refractivity contribution < 1.29 is 24.2 Å². The number of hydrogen-bond donors (Lipinski definition) is 3. The molecule has 0 fully saturated rings. The van der Waals surface area contributed by atoms with Gasteiger partial charge in [-0.3, -0.25) is 9.59 Å². The first-order chi connectivity index (χ1) is 12.4. The van der Waals surface area contributed by atoms with Crippen molar-refractivity contribution in [1.82, 2.24) is 5.32 Å². The fraction of sp³-hybridized carbons (Fsp3) is 0.158. The Balaban J connectivity index is 2.32. The van der Waals surface area contributed by atoms with Crippen LogP contribution in [0.1, 0.15) is 12.5 Å².